The van der Waals surface area contributed by atoms with Gasteiger partial charge in [0, 0.05) is 33.9 Å². The third-order valence-electron chi connectivity index (χ3n) is 3.53. The molecule has 0 spiro atoms. The van der Waals surface area contributed by atoms with Crippen molar-refractivity contribution in [3.8, 4) is 11.3 Å². The Kier molecular flexibility index (Phi) is 5.58. The van der Waals surface area contributed by atoms with Crippen molar-refractivity contribution >= 4 is 28.6 Å². The summed E-state index contributed by atoms with van der Waals surface area (Å²) in [7, 11) is 0. The van der Waals surface area contributed by atoms with Crippen LogP contribution in [0.1, 0.15) is 12.5 Å². The van der Waals surface area contributed by atoms with Crippen LogP contribution < -0.4 is 4.80 Å². The lowest BCUT2D eigenvalue weighted by Crippen LogP contribution is -2.14. The van der Waals surface area contributed by atoms with Gasteiger partial charge in [-0.25, -0.2) is 4.68 Å². The Morgan fingerprint density at radius 3 is 2.64 bits per heavy atom. The first-order valence-corrected chi connectivity index (χ1v) is 8.98. The molecular formula is C19H17ClN4S. The molecule has 0 amide bonds. The summed E-state index contributed by atoms with van der Waals surface area (Å²) in [5, 5.41) is 7.55. The topological polar surface area (TPSA) is 42.5 Å². The number of thiazole rings is 1. The van der Waals surface area contributed by atoms with Crippen molar-refractivity contribution < 1.29 is 0 Å². The summed E-state index contributed by atoms with van der Waals surface area (Å²) >= 11 is 7.56. The third kappa shape index (κ3) is 4.13. The number of rotatable bonds is 5. The molecule has 0 aliphatic carbocycles. The van der Waals surface area contributed by atoms with Gasteiger partial charge in [0.25, 0.3) is 0 Å². The lowest BCUT2D eigenvalue weighted by molar-refractivity contribution is 0.834. The van der Waals surface area contributed by atoms with Crippen molar-refractivity contribution in [2.45, 2.75) is 6.92 Å². The maximum Gasteiger partial charge on any atom is 0.206 e. The second-order valence-electron chi connectivity index (χ2n) is 5.27. The first kappa shape index (κ1) is 17.3. The molecule has 0 radical (unpaired) electrons. The first-order valence-electron chi connectivity index (χ1n) is 7.73. The lowest BCUT2D eigenvalue weighted by Gasteiger charge is -2.06. The number of hydrogen-bond acceptors (Lipinski definition) is 4. The molecule has 3 rings (SSSR count). The molecule has 0 aliphatic heterocycles. The van der Waals surface area contributed by atoms with Gasteiger partial charge in [0.1, 0.15) is 0 Å². The van der Waals surface area contributed by atoms with Crippen LogP contribution in [-0.2, 0) is 0 Å². The highest BCUT2D eigenvalue weighted by Crippen LogP contribution is 2.22. The summed E-state index contributed by atoms with van der Waals surface area (Å²) in [4.78, 5) is 9.43. The Hall–Kier alpha value is -2.50. The van der Waals surface area contributed by atoms with Gasteiger partial charge in [0.05, 0.1) is 18.0 Å². The number of pyridine rings is 1. The normalized spacial score (nSPS) is 12.4. The standard InChI is InChI=1S/C19H17ClN4S/c1-3-10-22-19-24(23-14(2)15-8-11-21-12-9-15)18(13-25-19)16-4-6-17(20)7-5-16/h3-9,11-13H,1,10H2,2H3. The zero-order chi connectivity index (χ0) is 17.6. The number of nitrogens with zero attached hydrogens (tertiary/aromatic N) is 4. The van der Waals surface area contributed by atoms with Gasteiger partial charge in [-0.1, -0.05) is 29.8 Å². The molecule has 2 aromatic heterocycles. The van der Waals surface area contributed by atoms with Crippen LogP contribution in [0.25, 0.3) is 11.3 Å². The molecule has 0 bridgehead atoms. The number of aromatic nitrogens is 2. The molecule has 0 atom stereocenters. The van der Waals surface area contributed by atoms with E-state index in [9.17, 15) is 0 Å². The van der Waals surface area contributed by atoms with Crippen LogP contribution in [0.5, 0.6) is 0 Å². The molecule has 0 aliphatic rings. The van der Waals surface area contributed by atoms with Crippen molar-refractivity contribution in [1.29, 1.82) is 0 Å². The van der Waals surface area contributed by atoms with Crippen LogP contribution in [-0.4, -0.2) is 21.9 Å². The van der Waals surface area contributed by atoms with Gasteiger partial charge in [-0.05, 0) is 31.2 Å². The Labute approximate surface area is 155 Å². The minimum Gasteiger partial charge on any atom is -0.265 e. The molecule has 1 aromatic carbocycles. The minimum atomic E-state index is 0.546. The van der Waals surface area contributed by atoms with E-state index in [-0.39, 0.29) is 0 Å². The summed E-state index contributed by atoms with van der Waals surface area (Å²) in [5.74, 6) is 0. The predicted octanol–water partition coefficient (Wildman–Crippen LogP) is 4.62. The Balaban J connectivity index is 2.13. The average molecular weight is 369 g/mol. The van der Waals surface area contributed by atoms with Crippen LogP contribution in [0.4, 0.5) is 0 Å². The van der Waals surface area contributed by atoms with Gasteiger partial charge in [-0.3, -0.25) is 9.98 Å². The molecule has 4 nitrogen and oxygen atoms in total. The molecule has 3 aromatic rings. The third-order valence-corrected chi connectivity index (χ3v) is 4.64. The van der Waals surface area contributed by atoms with Crippen LogP contribution in [0.3, 0.4) is 0 Å². The highest BCUT2D eigenvalue weighted by Gasteiger charge is 2.08. The second-order valence-corrected chi connectivity index (χ2v) is 6.55. The molecule has 6 heteroatoms. The maximum atomic E-state index is 6.01. The Bertz CT molecular complexity index is 953. The maximum absolute atomic E-state index is 6.01. The molecule has 25 heavy (non-hydrogen) atoms. The lowest BCUT2D eigenvalue weighted by atomic mass is 10.2. The molecular weight excluding hydrogens is 352 g/mol. The van der Waals surface area contributed by atoms with E-state index in [1.54, 1.807) is 29.8 Å². The van der Waals surface area contributed by atoms with Crippen LogP contribution >= 0.6 is 22.9 Å². The molecule has 126 valence electrons. The van der Waals surface area contributed by atoms with E-state index in [1.165, 1.54) is 0 Å². The van der Waals surface area contributed by atoms with E-state index in [0.29, 0.717) is 11.6 Å². The van der Waals surface area contributed by atoms with Crippen molar-refractivity contribution in [3.05, 3.63) is 82.2 Å². The van der Waals surface area contributed by atoms with Crippen molar-refractivity contribution in [2.75, 3.05) is 6.54 Å². The zero-order valence-electron chi connectivity index (χ0n) is 13.8. The number of hydrogen-bond donors (Lipinski definition) is 0. The van der Waals surface area contributed by atoms with Crippen molar-refractivity contribution in [1.82, 2.24) is 9.66 Å². The van der Waals surface area contributed by atoms with Gasteiger partial charge in [-0.2, -0.15) is 5.10 Å². The van der Waals surface area contributed by atoms with Crippen LogP contribution in [0.2, 0.25) is 5.02 Å². The fourth-order valence-electron chi connectivity index (χ4n) is 2.27. The quantitative estimate of drug-likeness (QED) is 0.478. The van der Waals surface area contributed by atoms with E-state index in [2.05, 4.69) is 21.9 Å². The van der Waals surface area contributed by atoms with Gasteiger partial charge in [0.15, 0.2) is 0 Å². The zero-order valence-corrected chi connectivity index (χ0v) is 15.3. The summed E-state index contributed by atoms with van der Waals surface area (Å²) in [6, 6.07) is 11.6. The molecule has 0 saturated carbocycles. The van der Waals surface area contributed by atoms with Gasteiger partial charge in [0.2, 0.25) is 4.80 Å². The summed E-state index contributed by atoms with van der Waals surface area (Å²) in [5.41, 5.74) is 3.91. The Morgan fingerprint density at radius 2 is 1.96 bits per heavy atom. The molecule has 2 heterocycles. The smallest absolute Gasteiger partial charge is 0.206 e. The Morgan fingerprint density at radius 1 is 1.24 bits per heavy atom. The van der Waals surface area contributed by atoms with E-state index in [4.69, 9.17) is 16.7 Å². The first-order chi connectivity index (χ1) is 12.2. The highest BCUT2D eigenvalue weighted by molar-refractivity contribution is 7.07. The van der Waals surface area contributed by atoms with Crippen molar-refractivity contribution in [3.63, 3.8) is 0 Å². The van der Waals surface area contributed by atoms with Crippen LogP contribution in [0, 0.1) is 0 Å². The fraction of sp³-hybridized carbons (Fsp3) is 0.105. The molecule has 0 fully saturated rings. The van der Waals surface area contributed by atoms with Gasteiger partial charge < -0.3 is 0 Å². The molecule has 0 N–H and O–H groups in total. The van der Waals surface area contributed by atoms with E-state index < -0.39 is 0 Å². The molecule has 0 unspecified atom stereocenters. The molecule has 0 saturated heterocycles. The average Bonchev–Trinajstić information content (AvgIpc) is 3.04. The SMILES string of the molecule is C=CCN=c1scc(-c2ccc(Cl)cc2)n1N=C(C)c1ccncc1. The predicted molar refractivity (Wildman–Crippen MR) is 105 cm³/mol. The summed E-state index contributed by atoms with van der Waals surface area (Å²) in [6.07, 6.45) is 5.29. The fourth-order valence-corrected chi connectivity index (χ4v) is 3.23. The van der Waals surface area contributed by atoms with Gasteiger partial charge >= 0.3 is 0 Å². The monoisotopic (exact) mass is 368 g/mol. The minimum absolute atomic E-state index is 0.546. The van der Waals surface area contributed by atoms with E-state index >= 15 is 0 Å². The van der Waals surface area contributed by atoms with E-state index in [1.807, 2.05) is 48.0 Å². The van der Waals surface area contributed by atoms with Gasteiger partial charge in [-0.15, -0.1) is 17.9 Å². The van der Waals surface area contributed by atoms with Crippen LogP contribution in [0.15, 0.2) is 76.9 Å². The number of benzene rings is 1. The number of halogens is 1. The summed E-state index contributed by atoms with van der Waals surface area (Å²) in [6.45, 7) is 6.25. The second kappa shape index (κ2) is 8.05. The highest BCUT2D eigenvalue weighted by atomic mass is 35.5. The van der Waals surface area contributed by atoms with Crippen molar-refractivity contribution in [2.24, 2.45) is 10.1 Å². The van der Waals surface area contributed by atoms with E-state index in [0.717, 1.165) is 27.3 Å². The summed E-state index contributed by atoms with van der Waals surface area (Å²) < 4.78 is 1.87. The largest absolute Gasteiger partial charge is 0.265 e.